The second-order valence-electron chi connectivity index (χ2n) is 5.40. The van der Waals surface area contributed by atoms with Crippen molar-refractivity contribution < 1.29 is 26.4 Å². The van der Waals surface area contributed by atoms with Crippen molar-refractivity contribution in [2.45, 2.75) is 24.5 Å². The first-order valence-electron chi connectivity index (χ1n) is 7.06. The summed E-state index contributed by atoms with van der Waals surface area (Å²) >= 11 is 0. The maximum atomic E-state index is 12.7. The molecule has 2 aromatic carbocycles. The Labute approximate surface area is 142 Å². The van der Waals surface area contributed by atoms with Crippen molar-refractivity contribution in [2.24, 2.45) is 5.14 Å². The van der Waals surface area contributed by atoms with E-state index in [0.29, 0.717) is 5.56 Å². The molecule has 134 valence electrons. The maximum absolute atomic E-state index is 12.7. The van der Waals surface area contributed by atoms with Crippen molar-refractivity contribution >= 4 is 15.9 Å². The van der Waals surface area contributed by atoms with Crippen LogP contribution in [-0.4, -0.2) is 14.3 Å². The third-order valence-electron chi connectivity index (χ3n) is 3.49. The number of carbonyl (C=O) groups is 1. The van der Waals surface area contributed by atoms with Gasteiger partial charge in [-0.05, 0) is 42.3 Å². The molecule has 0 aliphatic heterocycles. The Kier molecular flexibility index (Phi) is 5.19. The highest BCUT2D eigenvalue weighted by atomic mass is 32.2. The van der Waals surface area contributed by atoms with Gasteiger partial charge in [-0.15, -0.1) is 0 Å². The smallest absolute Gasteiger partial charge is 0.348 e. The first-order chi connectivity index (χ1) is 11.5. The monoisotopic (exact) mass is 372 g/mol. The molecule has 5 nitrogen and oxygen atoms in total. The number of carbonyl (C=O) groups excluding carboxylic acids is 1. The SMILES string of the molecule is Cc1ccc(S(N)(=O)=O)cc1C(=O)NCc1cccc(C(F)(F)F)c1. The lowest BCUT2D eigenvalue weighted by Crippen LogP contribution is -2.24. The van der Waals surface area contributed by atoms with Crippen LogP contribution < -0.4 is 10.5 Å². The lowest BCUT2D eigenvalue weighted by Gasteiger charge is -2.11. The van der Waals surface area contributed by atoms with Gasteiger partial charge in [-0.25, -0.2) is 13.6 Å². The number of benzene rings is 2. The van der Waals surface area contributed by atoms with Gasteiger partial charge in [-0.2, -0.15) is 13.2 Å². The van der Waals surface area contributed by atoms with Crippen molar-refractivity contribution in [1.29, 1.82) is 0 Å². The molecule has 0 radical (unpaired) electrons. The predicted octanol–water partition coefficient (Wildman–Crippen LogP) is 2.59. The summed E-state index contributed by atoms with van der Waals surface area (Å²) in [6.45, 7) is 1.47. The van der Waals surface area contributed by atoms with Crippen LogP contribution in [0, 0.1) is 6.92 Å². The van der Waals surface area contributed by atoms with E-state index in [1.807, 2.05) is 0 Å². The number of primary sulfonamides is 1. The third-order valence-corrected chi connectivity index (χ3v) is 4.40. The summed E-state index contributed by atoms with van der Waals surface area (Å²) < 4.78 is 60.8. The zero-order chi connectivity index (χ0) is 18.8. The van der Waals surface area contributed by atoms with Gasteiger partial charge in [0, 0.05) is 12.1 Å². The number of nitrogens with two attached hydrogens (primary N) is 1. The van der Waals surface area contributed by atoms with Crippen LogP contribution in [0.2, 0.25) is 0 Å². The van der Waals surface area contributed by atoms with Crippen LogP contribution >= 0.6 is 0 Å². The van der Waals surface area contributed by atoms with Crippen LogP contribution in [0.15, 0.2) is 47.4 Å². The average molecular weight is 372 g/mol. The number of hydrogen-bond donors (Lipinski definition) is 2. The molecule has 0 atom stereocenters. The Hall–Kier alpha value is -2.39. The second-order valence-corrected chi connectivity index (χ2v) is 6.96. The van der Waals surface area contributed by atoms with E-state index in [4.69, 9.17) is 5.14 Å². The summed E-state index contributed by atoms with van der Waals surface area (Å²) in [6.07, 6.45) is -4.47. The van der Waals surface area contributed by atoms with E-state index in [1.165, 1.54) is 24.3 Å². The molecule has 0 fully saturated rings. The number of aryl methyl sites for hydroxylation is 1. The molecule has 0 aliphatic rings. The second kappa shape index (κ2) is 6.85. The Morgan fingerprint density at radius 1 is 1.16 bits per heavy atom. The van der Waals surface area contributed by atoms with Gasteiger partial charge >= 0.3 is 6.18 Å². The molecule has 9 heteroatoms. The van der Waals surface area contributed by atoms with Gasteiger partial charge in [0.2, 0.25) is 10.0 Å². The van der Waals surface area contributed by atoms with E-state index >= 15 is 0 Å². The van der Waals surface area contributed by atoms with Crippen molar-refractivity contribution in [3.63, 3.8) is 0 Å². The number of alkyl halides is 3. The highest BCUT2D eigenvalue weighted by Gasteiger charge is 2.30. The minimum atomic E-state index is -4.47. The van der Waals surface area contributed by atoms with Crippen LogP contribution in [0.5, 0.6) is 0 Å². The maximum Gasteiger partial charge on any atom is 0.416 e. The van der Waals surface area contributed by atoms with E-state index in [-0.39, 0.29) is 22.6 Å². The summed E-state index contributed by atoms with van der Waals surface area (Å²) in [6, 6.07) is 8.40. The van der Waals surface area contributed by atoms with E-state index in [1.54, 1.807) is 6.92 Å². The molecule has 0 heterocycles. The minimum absolute atomic E-state index is 0.0819. The number of sulfonamides is 1. The van der Waals surface area contributed by atoms with Gasteiger partial charge in [0.15, 0.2) is 0 Å². The van der Waals surface area contributed by atoms with Gasteiger partial charge in [0.1, 0.15) is 0 Å². The number of rotatable bonds is 4. The van der Waals surface area contributed by atoms with Crippen molar-refractivity contribution in [1.82, 2.24) is 5.32 Å². The van der Waals surface area contributed by atoms with Gasteiger partial charge in [-0.1, -0.05) is 18.2 Å². The highest BCUT2D eigenvalue weighted by molar-refractivity contribution is 7.89. The summed E-state index contributed by atoms with van der Waals surface area (Å²) in [7, 11) is -3.97. The molecule has 0 aliphatic carbocycles. The Morgan fingerprint density at radius 2 is 1.84 bits per heavy atom. The number of nitrogens with one attached hydrogen (secondary N) is 1. The molecular formula is C16H15F3N2O3S. The van der Waals surface area contributed by atoms with E-state index in [0.717, 1.165) is 18.2 Å². The third kappa shape index (κ3) is 4.80. The van der Waals surface area contributed by atoms with Gasteiger partial charge in [0.25, 0.3) is 5.91 Å². The van der Waals surface area contributed by atoms with Crippen LogP contribution in [0.25, 0.3) is 0 Å². The molecule has 0 saturated heterocycles. The predicted molar refractivity (Wildman–Crippen MR) is 85.2 cm³/mol. The Bertz CT molecular complexity index is 909. The van der Waals surface area contributed by atoms with E-state index in [2.05, 4.69) is 5.32 Å². The molecule has 0 spiro atoms. The van der Waals surface area contributed by atoms with Crippen molar-refractivity contribution in [3.8, 4) is 0 Å². The van der Waals surface area contributed by atoms with Crippen molar-refractivity contribution in [3.05, 3.63) is 64.7 Å². The fourth-order valence-corrected chi connectivity index (χ4v) is 2.70. The average Bonchev–Trinajstić information content (AvgIpc) is 2.51. The van der Waals surface area contributed by atoms with E-state index < -0.39 is 27.7 Å². The molecule has 0 aromatic heterocycles. The molecule has 0 saturated carbocycles. The standard InChI is InChI=1S/C16H15F3N2O3S/c1-10-5-6-13(25(20,23)24)8-14(10)15(22)21-9-11-3-2-4-12(7-11)16(17,18)19/h2-8H,9H2,1H3,(H,21,22)(H2,20,23,24). The molecule has 0 unspecified atom stereocenters. The van der Waals surface area contributed by atoms with E-state index in [9.17, 15) is 26.4 Å². The zero-order valence-corrected chi connectivity index (χ0v) is 13.9. The summed E-state index contributed by atoms with van der Waals surface area (Å²) in [5, 5.41) is 7.50. The molecule has 1 amide bonds. The number of halogens is 3. The molecule has 25 heavy (non-hydrogen) atoms. The molecule has 3 N–H and O–H groups in total. The van der Waals surface area contributed by atoms with Gasteiger partial charge in [0.05, 0.1) is 10.5 Å². The Balaban J connectivity index is 2.19. The number of amides is 1. The van der Waals surface area contributed by atoms with Crippen LogP contribution in [0.4, 0.5) is 13.2 Å². The normalized spacial score (nSPS) is 12.0. The fraction of sp³-hybridized carbons (Fsp3) is 0.188. The van der Waals surface area contributed by atoms with Crippen LogP contribution in [-0.2, 0) is 22.7 Å². The van der Waals surface area contributed by atoms with Crippen LogP contribution in [0.1, 0.15) is 27.0 Å². The first kappa shape index (κ1) is 18.9. The summed E-state index contributed by atoms with van der Waals surface area (Å²) in [5.74, 6) is -0.611. The Morgan fingerprint density at radius 3 is 2.44 bits per heavy atom. The molecular weight excluding hydrogens is 357 g/mol. The van der Waals surface area contributed by atoms with Crippen LogP contribution in [0.3, 0.4) is 0 Å². The summed E-state index contributed by atoms with van der Waals surface area (Å²) in [4.78, 5) is 12.0. The largest absolute Gasteiger partial charge is 0.416 e. The summed E-state index contributed by atoms with van der Waals surface area (Å²) in [5.41, 5.74) is 0.0440. The molecule has 2 aromatic rings. The molecule has 2 rings (SSSR count). The quantitative estimate of drug-likeness (QED) is 0.865. The lowest BCUT2D eigenvalue weighted by atomic mass is 10.1. The zero-order valence-electron chi connectivity index (χ0n) is 13.1. The van der Waals surface area contributed by atoms with Gasteiger partial charge < -0.3 is 5.32 Å². The molecule has 0 bridgehead atoms. The number of hydrogen-bond acceptors (Lipinski definition) is 3. The van der Waals surface area contributed by atoms with Gasteiger partial charge in [-0.3, -0.25) is 4.79 Å². The van der Waals surface area contributed by atoms with Crippen molar-refractivity contribution in [2.75, 3.05) is 0 Å². The lowest BCUT2D eigenvalue weighted by molar-refractivity contribution is -0.137. The fourth-order valence-electron chi connectivity index (χ4n) is 2.16. The minimum Gasteiger partial charge on any atom is -0.348 e. The highest BCUT2D eigenvalue weighted by Crippen LogP contribution is 2.29. The first-order valence-corrected chi connectivity index (χ1v) is 8.61. The topological polar surface area (TPSA) is 89.3 Å².